The molecule has 0 saturated carbocycles. The minimum atomic E-state index is -0.509. The number of aromatic nitrogens is 6. The van der Waals surface area contributed by atoms with E-state index >= 15 is 0 Å². The van der Waals surface area contributed by atoms with Crippen molar-refractivity contribution in [3.63, 3.8) is 0 Å². The molecule has 0 aliphatic heterocycles. The third-order valence-corrected chi connectivity index (χ3v) is 2.17. The quantitative estimate of drug-likeness (QED) is 0.461. The van der Waals surface area contributed by atoms with E-state index in [0.717, 1.165) is 0 Å². The van der Waals surface area contributed by atoms with E-state index in [0.29, 0.717) is 11.5 Å². The Kier molecular flexibility index (Phi) is 1.84. The van der Waals surface area contributed by atoms with Gasteiger partial charge in [0.1, 0.15) is 24.4 Å². The molecular weight excluding hydrogens is 226 g/mol. The zero-order valence-corrected chi connectivity index (χ0v) is 8.33. The Hall–Kier alpha value is -2.84. The van der Waals surface area contributed by atoms with E-state index in [2.05, 4.69) is 20.2 Å². The summed E-state index contributed by atoms with van der Waals surface area (Å²) in [6, 6.07) is 0. The Bertz CT molecular complexity index is 701. The zero-order valence-electron chi connectivity index (χ0n) is 8.33. The molecule has 0 radical (unpaired) electrons. The molecule has 0 aliphatic carbocycles. The lowest BCUT2D eigenvalue weighted by Gasteiger charge is -1.99. The molecule has 9 heteroatoms. The summed E-state index contributed by atoms with van der Waals surface area (Å²) in [5.41, 5.74) is 0.486. The predicted molar refractivity (Wildman–Crippen MR) is 54.6 cm³/mol. The lowest BCUT2D eigenvalue weighted by atomic mass is 10.5. The molecular formula is C8H5N7O2. The number of hydrogen-bond donors (Lipinski definition) is 0. The molecule has 0 saturated heterocycles. The van der Waals surface area contributed by atoms with Crippen molar-refractivity contribution in [1.82, 2.24) is 29.4 Å². The molecule has 3 heterocycles. The fraction of sp³-hybridized carbons (Fsp3) is 0. The largest absolute Gasteiger partial charge is 0.307 e. The first-order valence-electron chi connectivity index (χ1n) is 4.59. The normalized spacial score (nSPS) is 10.8. The van der Waals surface area contributed by atoms with Crippen LogP contribution < -0.4 is 0 Å². The summed E-state index contributed by atoms with van der Waals surface area (Å²) in [5.74, 6) is 0.454. The number of rotatable bonds is 2. The van der Waals surface area contributed by atoms with Crippen molar-refractivity contribution < 1.29 is 4.92 Å². The Morgan fingerprint density at radius 2 is 2.06 bits per heavy atom. The molecule has 3 aromatic heterocycles. The monoisotopic (exact) mass is 231 g/mol. The van der Waals surface area contributed by atoms with Crippen molar-refractivity contribution in [3.05, 3.63) is 41.2 Å². The molecule has 0 fully saturated rings. The minimum Gasteiger partial charge on any atom is -0.258 e. The Labute approximate surface area is 93.5 Å². The van der Waals surface area contributed by atoms with Crippen molar-refractivity contribution >= 4 is 11.5 Å². The highest BCUT2D eigenvalue weighted by molar-refractivity contribution is 5.35. The number of fused-ring (bicyclic) bond motifs is 1. The van der Waals surface area contributed by atoms with Gasteiger partial charge in [-0.2, -0.15) is 15.2 Å². The number of nitro groups is 1. The van der Waals surface area contributed by atoms with Crippen molar-refractivity contribution in [2.24, 2.45) is 0 Å². The number of nitrogens with zero attached hydrogens (tertiary/aromatic N) is 7. The van der Waals surface area contributed by atoms with Crippen LogP contribution in [0.15, 0.2) is 31.1 Å². The maximum absolute atomic E-state index is 10.5. The molecule has 0 unspecified atom stereocenters. The van der Waals surface area contributed by atoms with Gasteiger partial charge in [0.05, 0.1) is 17.3 Å². The van der Waals surface area contributed by atoms with Crippen LogP contribution in [0.2, 0.25) is 0 Å². The maximum Gasteiger partial charge on any atom is 0.307 e. The summed E-state index contributed by atoms with van der Waals surface area (Å²) >= 11 is 0. The molecule has 0 amide bonds. The second-order valence-corrected chi connectivity index (χ2v) is 3.22. The average Bonchev–Trinajstić information content (AvgIpc) is 2.97. The van der Waals surface area contributed by atoms with Crippen LogP contribution in [0.3, 0.4) is 0 Å². The SMILES string of the molecule is O=[N+]([O-])c1cnn(-c2cnc3ncnn3c2)c1. The van der Waals surface area contributed by atoms with E-state index in [4.69, 9.17) is 0 Å². The van der Waals surface area contributed by atoms with Crippen LogP contribution >= 0.6 is 0 Å². The molecule has 84 valence electrons. The van der Waals surface area contributed by atoms with Gasteiger partial charge in [-0.3, -0.25) is 10.1 Å². The first-order valence-corrected chi connectivity index (χ1v) is 4.59. The van der Waals surface area contributed by atoms with Crippen LogP contribution in [0, 0.1) is 10.1 Å². The van der Waals surface area contributed by atoms with E-state index in [-0.39, 0.29) is 5.69 Å². The van der Waals surface area contributed by atoms with Crippen LogP contribution in [-0.2, 0) is 0 Å². The molecule has 0 aromatic carbocycles. The van der Waals surface area contributed by atoms with Gasteiger partial charge in [-0.1, -0.05) is 0 Å². The van der Waals surface area contributed by atoms with Crippen molar-refractivity contribution in [2.45, 2.75) is 0 Å². The van der Waals surface area contributed by atoms with Crippen LogP contribution in [0.4, 0.5) is 5.69 Å². The summed E-state index contributed by atoms with van der Waals surface area (Å²) in [4.78, 5) is 17.9. The van der Waals surface area contributed by atoms with Gasteiger partial charge >= 0.3 is 5.69 Å². The second-order valence-electron chi connectivity index (χ2n) is 3.22. The molecule has 3 rings (SSSR count). The zero-order chi connectivity index (χ0) is 11.8. The summed E-state index contributed by atoms with van der Waals surface area (Å²) < 4.78 is 2.81. The van der Waals surface area contributed by atoms with Gasteiger partial charge in [0, 0.05) is 0 Å². The molecule has 3 aromatic rings. The Balaban J connectivity index is 2.09. The van der Waals surface area contributed by atoms with Crippen molar-refractivity contribution in [3.8, 4) is 5.69 Å². The molecule has 0 spiro atoms. The van der Waals surface area contributed by atoms with Gasteiger partial charge in [0.25, 0.3) is 5.78 Å². The van der Waals surface area contributed by atoms with E-state index in [1.165, 1.54) is 34.1 Å². The third-order valence-electron chi connectivity index (χ3n) is 2.17. The average molecular weight is 231 g/mol. The fourth-order valence-corrected chi connectivity index (χ4v) is 1.38. The number of hydrogen-bond acceptors (Lipinski definition) is 6. The molecule has 0 N–H and O–H groups in total. The summed E-state index contributed by atoms with van der Waals surface area (Å²) in [7, 11) is 0. The smallest absolute Gasteiger partial charge is 0.258 e. The summed E-state index contributed by atoms with van der Waals surface area (Å²) in [6.07, 6.45) is 7.00. The molecule has 0 aliphatic rings. The van der Waals surface area contributed by atoms with Crippen LogP contribution in [0.25, 0.3) is 11.5 Å². The highest BCUT2D eigenvalue weighted by Gasteiger charge is 2.10. The molecule has 17 heavy (non-hydrogen) atoms. The minimum absolute atomic E-state index is 0.0799. The van der Waals surface area contributed by atoms with Gasteiger partial charge in [-0.05, 0) is 0 Å². The molecule has 9 nitrogen and oxygen atoms in total. The van der Waals surface area contributed by atoms with Crippen molar-refractivity contribution in [2.75, 3.05) is 0 Å². The standard InChI is InChI=1S/C8H5N7O2/c16-15(17)7-2-11-13(4-7)6-1-9-8-10-5-12-14(8)3-6/h1-5H. The highest BCUT2D eigenvalue weighted by atomic mass is 16.6. The first kappa shape index (κ1) is 9.39. The molecule has 0 atom stereocenters. The summed E-state index contributed by atoms with van der Waals surface area (Å²) in [5, 5.41) is 18.3. The lowest BCUT2D eigenvalue weighted by Crippen LogP contribution is -1.99. The van der Waals surface area contributed by atoms with Gasteiger partial charge < -0.3 is 0 Å². The second kappa shape index (κ2) is 3.33. The Morgan fingerprint density at radius 3 is 2.82 bits per heavy atom. The lowest BCUT2D eigenvalue weighted by molar-refractivity contribution is -0.384. The van der Waals surface area contributed by atoms with Crippen LogP contribution in [0.5, 0.6) is 0 Å². The highest BCUT2D eigenvalue weighted by Crippen LogP contribution is 2.12. The van der Waals surface area contributed by atoms with E-state index < -0.39 is 4.92 Å². The van der Waals surface area contributed by atoms with Crippen LogP contribution in [0.1, 0.15) is 0 Å². The predicted octanol–water partition coefficient (Wildman–Crippen LogP) is 0.218. The van der Waals surface area contributed by atoms with Gasteiger partial charge in [-0.15, -0.1) is 0 Å². The molecule has 0 bridgehead atoms. The fourth-order valence-electron chi connectivity index (χ4n) is 1.38. The first-order chi connectivity index (χ1) is 8.24. The van der Waals surface area contributed by atoms with Crippen molar-refractivity contribution in [1.29, 1.82) is 0 Å². The van der Waals surface area contributed by atoms with Gasteiger partial charge in [-0.25, -0.2) is 14.2 Å². The topological polar surface area (TPSA) is 104 Å². The van der Waals surface area contributed by atoms with Gasteiger partial charge in [0.15, 0.2) is 0 Å². The van der Waals surface area contributed by atoms with E-state index in [1.54, 1.807) is 6.20 Å². The maximum atomic E-state index is 10.5. The van der Waals surface area contributed by atoms with Crippen LogP contribution in [-0.4, -0.2) is 34.3 Å². The van der Waals surface area contributed by atoms with E-state index in [1.807, 2.05) is 0 Å². The Morgan fingerprint density at radius 1 is 1.18 bits per heavy atom. The summed E-state index contributed by atoms with van der Waals surface area (Å²) in [6.45, 7) is 0. The van der Waals surface area contributed by atoms with Gasteiger partial charge in [0.2, 0.25) is 0 Å². The van der Waals surface area contributed by atoms with E-state index in [9.17, 15) is 10.1 Å². The third kappa shape index (κ3) is 1.49.